The van der Waals surface area contributed by atoms with Crippen molar-refractivity contribution in [1.29, 1.82) is 0 Å². The van der Waals surface area contributed by atoms with Gasteiger partial charge in [-0.2, -0.15) is 11.8 Å². The van der Waals surface area contributed by atoms with E-state index < -0.39 is 0 Å². The summed E-state index contributed by atoms with van der Waals surface area (Å²) in [6.07, 6.45) is 0. The van der Waals surface area contributed by atoms with Crippen LogP contribution in [-0.2, 0) is 4.79 Å². The first kappa shape index (κ1) is 10.9. The van der Waals surface area contributed by atoms with Crippen LogP contribution in [0, 0.1) is 0 Å². The molecule has 1 unspecified atom stereocenters. The number of rotatable bonds is 5. The van der Waals surface area contributed by atoms with Gasteiger partial charge in [-0.3, -0.25) is 4.79 Å². The molecule has 0 aromatic heterocycles. The number of hydrogen-bond donors (Lipinski definition) is 1. The van der Waals surface area contributed by atoms with Crippen LogP contribution < -0.4 is 5.32 Å². The van der Waals surface area contributed by atoms with Crippen LogP contribution in [-0.4, -0.2) is 28.8 Å². The minimum absolute atomic E-state index is 0.0167. The predicted octanol–water partition coefficient (Wildman–Crippen LogP) is 1.12. The van der Waals surface area contributed by atoms with Gasteiger partial charge in [-0.05, 0) is 5.75 Å². The van der Waals surface area contributed by atoms with E-state index in [4.69, 9.17) is 0 Å². The molecule has 0 heterocycles. The first-order valence-corrected chi connectivity index (χ1v) is 4.90. The molecule has 1 radical (unpaired) electrons. The number of carbonyl (C=O) groups excluding carboxylic acids is 1. The Balaban J connectivity index is 3.51. The van der Waals surface area contributed by atoms with E-state index in [0.717, 1.165) is 5.75 Å². The van der Waals surface area contributed by atoms with E-state index in [0.29, 0.717) is 6.54 Å². The lowest BCUT2D eigenvalue weighted by Crippen LogP contribution is -2.29. The molecule has 0 saturated heterocycles. The van der Waals surface area contributed by atoms with E-state index in [-0.39, 0.29) is 11.2 Å². The van der Waals surface area contributed by atoms with Crippen molar-refractivity contribution in [3.63, 3.8) is 0 Å². The average Bonchev–Trinajstić information content (AvgIpc) is 1.97. The summed E-state index contributed by atoms with van der Waals surface area (Å²) in [5, 5.41) is 5.53. The minimum Gasteiger partial charge on any atom is -0.355 e. The van der Waals surface area contributed by atoms with E-state index >= 15 is 0 Å². The Labute approximate surface area is 77.1 Å². The molecule has 0 aromatic rings. The Morgan fingerprint density at radius 3 is 2.82 bits per heavy atom. The molecule has 0 bridgehead atoms. The molecule has 0 fully saturated rings. The second-order valence-corrected chi connectivity index (χ2v) is 3.71. The summed E-state index contributed by atoms with van der Waals surface area (Å²) >= 11 is 6.36. The molecule has 0 spiro atoms. The highest BCUT2D eigenvalue weighted by molar-refractivity contribution is 8.01. The normalized spacial score (nSPS) is 12.2. The topological polar surface area (TPSA) is 29.1 Å². The number of amides is 1. The molecule has 0 aromatic carbocycles. The Morgan fingerprint density at radius 1 is 1.82 bits per heavy atom. The lowest BCUT2D eigenvalue weighted by molar-refractivity contribution is -0.118. The lowest BCUT2D eigenvalue weighted by atomic mass is 10.4. The van der Waals surface area contributed by atoms with Crippen molar-refractivity contribution in [2.24, 2.45) is 0 Å². The van der Waals surface area contributed by atoms with Gasteiger partial charge in [-0.25, -0.2) is 0 Å². The number of carbonyl (C=O) groups is 1. The van der Waals surface area contributed by atoms with Crippen molar-refractivity contribution < 1.29 is 4.79 Å². The highest BCUT2D eigenvalue weighted by atomic mass is 32.2. The van der Waals surface area contributed by atoms with Gasteiger partial charge in [0.1, 0.15) is 0 Å². The smallest absolute Gasteiger partial charge is 0.216 e. The molecule has 1 atom stereocenters. The molecule has 0 rings (SSSR count). The number of nitrogens with one attached hydrogen (secondary N) is 1. The van der Waals surface area contributed by atoms with Crippen LogP contribution in [0.3, 0.4) is 0 Å². The summed E-state index contributed by atoms with van der Waals surface area (Å²) < 4.78 is 0. The van der Waals surface area contributed by atoms with Gasteiger partial charge < -0.3 is 5.32 Å². The zero-order chi connectivity index (χ0) is 8.69. The third-order valence-corrected chi connectivity index (χ3v) is 2.49. The molecule has 63 valence electrons. The van der Waals surface area contributed by atoms with Crippen molar-refractivity contribution in [2.45, 2.75) is 19.1 Å². The van der Waals surface area contributed by atoms with Crippen LogP contribution in [0.2, 0.25) is 0 Å². The summed E-state index contributed by atoms with van der Waals surface area (Å²) in [6, 6.07) is 0. The van der Waals surface area contributed by atoms with Crippen LogP contribution in [0.1, 0.15) is 13.8 Å². The maximum Gasteiger partial charge on any atom is 0.216 e. The summed E-state index contributed by atoms with van der Waals surface area (Å²) in [5.41, 5.74) is 0. The Bertz CT molecular complexity index is 138. The van der Waals surface area contributed by atoms with Gasteiger partial charge in [0.05, 0.1) is 5.25 Å². The van der Waals surface area contributed by atoms with Gasteiger partial charge in [0.15, 0.2) is 0 Å². The molecular formula is C7H12NOS2. The van der Waals surface area contributed by atoms with Gasteiger partial charge in [0.2, 0.25) is 5.91 Å². The molecule has 2 nitrogen and oxygen atoms in total. The second kappa shape index (κ2) is 6.61. The highest BCUT2D eigenvalue weighted by Gasteiger charge is 2.04. The fourth-order valence-electron chi connectivity index (χ4n) is 0.572. The molecule has 1 amide bonds. The van der Waals surface area contributed by atoms with Crippen LogP contribution in [0.5, 0.6) is 0 Å². The predicted molar refractivity (Wildman–Crippen MR) is 53.2 cm³/mol. The first-order valence-electron chi connectivity index (χ1n) is 3.44. The second-order valence-electron chi connectivity index (χ2n) is 2.00. The number of thioether (sulfide) groups is 1. The Morgan fingerprint density at radius 2 is 2.45 bits per heavy atom. The van der Waals surface area contributed by atoms with Gasteiger partial charge in [0.25, 0.3) is 0 Å². The van der Waals surface area contributed by atoms with Crippen LogP contribution in [0.4, 0.5) is 0 Å². The largest absolute Gasteiger partial charge is 0.355 e. The molecule has 1 N–H and O–H groups in total. The summed E-state index contributed by atoms with van der Waals surface area (Å²) in [5.74, 6) is 0.977. The van der Waals surface area contributed by atoms with Gasteiger partial charge in [-0.1, -0.05) is 19.1 Å². The third-order valence-electron chi connectivity index (χ3n) is 1.04. The first-order chi connectivity index (χ1) is 5.20. The molecule has 0 aliphatic carbocycles. The Kier molecular flexibility index (Phi) is 6.56. The van der Waals surface area contributed by atoms with E-state index in [9.17, 15) is 4.79 Å². The van der Waals surface area contributed by atoms with Gasteiger partial charge in [0, 0.05) is 18.8 Å². The van der Waals surface area contributed by atoms with E-state index in [1.54, 1.807) is 11.8 Å². The molecule has 0 aliphatic heterocycles. The Hall–Kier alpha value is -0.0900. The maximum atomic E-state index is 10.5. The van der Waals surface area contributed by atoms with Crippen molar-refractivity contribution in [1.82, 2.24) is 5.32 Å². The quantitative estimate of drug-likeness (QED) is 0.659. The maximum absolute atomic E-state index is 10.5. The van der Waals surface area contributed by atoms with Gasteiger partial charge >= 0.3 is 0 Å². The highest BCUT2D eigenvalue weighted by Crippen LogP contribution is 2.06. The molecule has 4 heteroatoms. The fraction of sp³-hybridized carbons (Fsp3) is 0.714. The van der Waals surface area contributed by atoms with Gasteiger partial charge in [-0.15, -0.1) is 0 Å². The summed E-state index contributed by atoms with van der Waals surface area (Å²) in [7, 11) is 0. The number of thiocarbonyl (C=S) groups is 1. The molecular weight excluding hydrogens is 178 g/mol. The van der Waals surface area contributed by atoms with E-state index in [2.05, 4.69) is 29.8 Å². The SMILES string of the molecule is CCSC([C]=S)CNC(C)=O. The van der Waals surface area contributed by atoms with Crippen molar-refractivity contribution in [3.8, 4) is 0 Å². The van der Waals surface area contributed by atoms with Crippen LogP contribution in [0.15, 0.2) is 0 Å². The molecule has 11 heavy (non-hydrogen) atoms. The monoisotopic (exact) mass is 190 g/mol. The standard InChI is InChI=1S/C7H12NOS2/c1-3-11-7(5-10)4-8-6(2)9/h7H,3-4H2,1-2H3,(H,8,9). The van der Waals surface area contributed by atoms with Crippen molar-refractivity contribution in [2.75, 3.05) is 12.3 Å². The van der Waals surface area contributed by atoms with Crippen LogP contribution >= 0.6 is 24.0 Å². The van der Waals surface area contributed by atoms with E-state index in [1.807, 2.05) is 0 Å². The number of hydrogen-bond acceptors (Lipinski definition) is 3. The summed E-state index contributed by atoms with van der Waals surface area (Å²) in [6.45, 7) is 4.15. The zero-order valence-corrected chi connectivity index (χ0v) is 8.35. The third kappa shape index (κ3) is 6.31. The van der Waals surface area contributed by atoms with Crippen molar-refractivity contribution >= 4 is 35.3 Å². The molecule has 0 saturated carbocycles. The average molecular weight is 190 g/mol. The zero-order valence-electron chi connectivity index (χ0n) is 6.72. The van der Waals surface area contributed by atoms with E-state index in [1.165, 1.54) is 6.92 Å². The summed E-state index contributed by atoms with van der Waals surface area (Å²) in [4.78, 5) is 10.5. The fourth-order valence-corrected chi connectivity index (χ4v) is 1.53. The van der Waals surface area contributed by atoms with Crippen molar-refractivity contribution in [3.05, 3.63) is 0 Å². The lowest BCUT2D eigenvalue weighted by Gasteiger charge is -2.08. The molecule has 0 aliphatic rings. The minimum atomic E-state index is -0.0167. The van der Waals surface area contributed by atoms with Crippen LogP contribution in [0.25, 0.3) is 0 Å².